The van der Waals surface area contributed by atoms with Gasteiger partial charge in [-0.25, -0.2) is 0 Å². The highest BCUT2D eigenvalue weighted by atomic mass is 32.2. The number of halogens is 3. The lowest BCUT2D eigenvalue weighted by Crippen LogP contribution is -2.29. The number of benzene rings is 1. The van der Waals surface area contributed by atoms with E-state index in [0.29, 0.717) is 5.56 Å². The normalized spacial score (nSPS) is 16.2. The Balaban J connectivity index is 2.89. The summed E-state index contributed by atoms with van der Waals surface area (Å²) in [6.45, 7) is 5.42. The lowest BCUT2D eigenvalue weighted by molar-refractivity contribution is -0.137. The van der Waals surface area contributed by atoms with Gasteiger partial charge in [0.15, 0.2) is 0 Å². The van der Waals surface area contributed by atoms with Gasteiger partial charge in [-0.15, -0.1) is 0 Å². The van der Waals surface area contributed by atoms with Gasteiger partial charge in [-0.1, -0.05) is 12.1 Å². The maximum Gasteiger partial charge on any atom is 0.416 e. The number of hydrogen-bond donors (Lipinski definition) is 1. The zero-order chi connectivity index (χ0) is 14.8. The second-order valence-corrected chi connectivity index (χ2v) is 7.60. The van der Waals surface area contributed by atoms with Crippen LogP contribution in [0, 0.1) is 0 Å². The number of nitrogens with two attached hydrogens (primary N) is 1. The van der Waals surface area contributed by atoms with E-state index in [1.165, 1.54) is 12.1 Å². The van der Waals surface area contributed by atoms with Crippen LogP contribution in [0.5, 0.6) is 0 Å². The molecule has 1 aromatic carbocycles. The molecule has 0 fully saturated rings. The van der Waals surface area contributed by atoms with Gasteiger partial charge in [0, 0.05) is 27.3 Å². The fraction of sp³-hybridized carbons (Fsp3) is 0.538. The van der Waals surface area contributed by atoms with Crippen LogP contribution in [-0.4, -0.2) is 14.7 Å². The van der Waals surface area contributed by atoms with Crippen LogP contribution in [0.15, 0.2) is 24.3 Å². The molecule has 0 aliphatic rings. The lowest BCUT2D eigenvalue weighted by Gasteiger charge is -2.21. The van der Waals surface area contributed by atoms with Crippen LogP contribution < -0.4 is 5.73 Å². The zero-order valence-electron chi connectivity index (χ0n) is 11.1. The summed E-state index contributed by atoms with van der Waals surface area (Å²) in [5.41, 5.74) is 5.46. The molecular weight excluding hydrogens is 275 g/mol. The minimum atomic E-state index is -4.39. The molecule has 2 unspecified atom stereocenters. The van der Waals surface area contributed by atoms with Crippen LogP contribution in [0.4, 0.5) is 13.2 Å². The van der Waals surface area contributed by atoms with E-state index in [4.69, 9.17) is 5.73 Å². The largest absolute Gasteiger partial charge is 0.416 e. The molecule has 108 valence electrons. The average Bonchev–Trinajstić information content (AvgIpc) is 2.26. The Bertz CT molecular complexity index is 466. The van der Waals surface area contributed by atoms with Crippen LogP contribution in [0.25, 0.3) is 0 Å². The highest BCUT2D eigenvalue weighted by Gasteiger charge is 2.31. The van der Waals surface area contributed by atoms with E-state index in [0.717, 1.165) is 12.1 Å². The molecule has 2 atom stereocenters. The van der Waals surface area contributed by atoms with Crippen LogP contribution in [0.2, 0.25) is 0 Å². The fourth-order valence-electron chi connectivity index (χ4n) is 1.45. The summed E-state index contributed by atoms with van der Waals surface area (Å²) in [5, 5.41) is 0. The summed E-state index contributed by atoms with van der Waals surface area (Å²) in [6.07, 6.45) is -4.39. The van der Waals surface area contributed by atoms with Crippen molar-refractivity contribution < 1.29 is 17.4 Å². The summed E-state index contributed by atoms with van der Waals surface area (Å²) in [5.74, 6) is 0.144. The van der Waals surface area contributed by atoms with Crippen molar-refractivity contribution in [1.29, 1.82) is 0 Å². The minimum Gasteiger partial charge on any atom is -0.323 e. The maximum atomic E-state index is 12.6. The summed E-state index contributed by atoms with van der Waals surface area (Å²) < 4.78 is 49.3. The summed E-state index contributed by atoms with van der Waals surface area (Å²) in [6, 6.07) is 4.20. The molecule has 19 heavy (non-hydrogen) atoms. The zero-order valence-corrected chi connectivity index (χ0v) is 11.9. The van der Waals surface area contributed by atoms with Gasteiger partial charge >= 0.3 is 6.18 Å². The van der Waals surface area contributed by atoms with Crippen molar-refractivity contribution in [3.63, 3.8) is 0 Å². The lowest BCUT2D eigenvalue weighted by atomic mass is 10.1. The number of hydrogen-bond acceptors (Lipinski definition) is 2. The Morgan fingerprint density at radius 1 is 1.26 bits per heavy atom. The monoisotopic (exact) mass is 293 g/mol. The molecule has 0 radical (unpaired) electrons. The van der Waals surface area contributed by atoms with E-state index in [-0.39, 0.29) is 5.75 Å². The second kappa shape index (κ2) is 5.63. The van der Waals surface area contributed by atoms with Crippen molar-refractivity contribution in [2.45, 2.75) is 37.7 Å². The third-order valence-corrected chi connectivity index (χ3v) is 4.68. The van der Waals surface area contributed by atoms with E-state index in [9.17, 15) is 17.4 Å². The molecule has 2 N–H and O–H groups in total. The van der Waals surface area contributed by atoms with Gasteiger partial charge in [0.2, 0.25) is 0 Å². The van der Waals surface area contributed by atoms with E-state index < -0.39 is 33.3 Å². The van der Waals surface area contributed by atoms with Gasteiger partial charge in [-0.05, 0) is 38.5 Å². The first-order chi connectivity index (χ1) is 8.51. The Morgan fingerprint density at radius 3 is 2.32 bits per heavy atom. The van der Waals surface area contributed by atoms with Gasteiger partial charge < -0.3 is 5.73 Å². The molecule has 1 rings (SSSR count). The van der Waals surface area contributed by atoms with Gasteiger partial charge in [-0.2, -0.15) is 13.2 Å². The Morgan fingerprint density at radius 2 is 1.84 bits per heavy atom. The van der Waals surface area contributed by atoms with Gasteiger partial charge in [0.1, 0.15) is 0 Å². The van der Waals surface area contributed by atoms with Crippen LogP contribution in [0.3, 0.4) is 0 Å². The second-order valence-electron chi connectivity index (χ2n) is 5.35. The smallest absolute Gasteiger partial charge is 0.323 e. The van der Waals surface area contributed by atoms with Crippen molar-refractivity contribution in [3.05, 3.63) is 35.4 Å². The van der Waals surface area contributed by atoms with Crippen molar-refractivity contribution in [3.8, 4) is 0 Å². The van der Waals surface area contributed by atoms with E-state index in [1.54, 1.807) is 0 Å². The Hall–Kier alpha value is -0.880. The molecule has 0 bridgehead atoms. The van der Waals surface area contributed by atoms with E-state index >= 15 is 0 Å². The first-order valence-electron chi connectivity index (χ1n) is 5.83. The van der Waals surface area contributed by atoms with Crippen LogP contribution in [-0.2, 0) is 17.0 Å². The molecule has 0 amide bonds. The quantitative estimate of drug-likeness (QED) is 0.929. The van der Waals surface area contributed by atoms with E-state index in [2.05, 4.69) is 0 Å². The van der Waals surface area contributed by atoms with Crippen LogP contribution in [0.1, 0.15) is 37.9 Å². The van der Waals surface area contributed by atoms with Gasteiger partial charge in [0.25, 0.3) is 0 Å². The van der Waals surface area contributed by atoms with Crippen molar-refractivity contribution in [1.82, 2.24) is 0 Å². The average molecular weight is 293 g/mol. The van der Waals surface area contributed by atoms with E-state index in [1.807, 2.05) is 20.8 Å². The van der Waals surface area contributed by atoms with Gasteiger partial charge in [-0.3, -0.25) is 4.21 Å². The SMILES string of the molecule is CC(C)(C)S(=O)CC(N)c1cccc(C(F)(F)F)c1. The molecule has 0 aromatic heterocycles. The van der Waals surface area contributed by atoms with Crippen molar-refractivity contribution in [2.24, 2.45) is 5.73 Å². The fourth-order valence-corrected chi connectivity index (χ4v) is 2.47. The molecule has 0 saturated carbocycles. The van der Waals surface area contributed by atoms with Gasteiger partial charge in [0.05, 0.1) is 5.56 Å². The predicted octanol–water partition coefficient (Wildman–Crippen LogP) is 3.25. The molecule has 0 spiro atoms. The standard InChI is InChI=1S/C13H18F3NOS/c1-12(2,3)19(18)8-11(17)9-5-4-6-10(7-9)13(14,15)16/h4-7,11H,8,17H2,1-3H3. The molecule has 0 saturated heterocycles. The third kappa shape index (κ3) is 4.62. The summed E-state index contributed by atoms with van der Waals surface area (Å²) >= 11 is 0. The molecule has 6 heteroatoms. The van der Waals surface area contributed by atoms with Crippen molar-refractivity contribution >= 4 is 10.8 Å². The molecule has 0 aliphatic heterocycles. The highest BCUT2D eigenvalue weighted by molar-refractivity contribution is 7.86. The molecular formula is C13H18F3NOS. The summed E-state index contributed by atoms with van der Waals surface area (Å²) in [4.78, 5) is 0. The highest BCUT2D eigenvalue weighted by Crippen LogP contribution is 2.30. The first kappa shape index (κ1) is 16.2. The predicted molar refractivity (Wildman–Crippen MR) is 71.1 cm³/mol. The van der Waals surface area contributed by atoms with Crippen LogP contribution >= 0.6 is 0 Å². The molecule has 0 heterocycles. The molecule has 1 aromatic rings. The maximum absolute atomic E-state index is 12.6. The number of rotatable bonds is 3. The minimum absolute atomic E-state index is 0.144. The number of alkyl halides is 3. The Kier molecular flexibility index (Phi) is 4.79. The molecule has 2 nitrogen and oxygen atoms in total. The molecule has 0 aliphatic carbocycles. The van der Waals surface area contributed by atoms with Crippen molar-refractivity contribution in [2.75, 3.05) is 5.75 Å². The first-order valence-corrected chi connectivity index (χ1v) is 7.15. The topological polar surface area (TPSA) is 43.1 Å². The Labute approximate surface area is 113 Å². The summed E-state index contributed by atoms with van der Waals surface area (Å²) in [7, 11) is -1.20. The third-order valence-electron chi connectivity index (χ3n) is 2.66.